The van der Waals surface area contributed by atoms with Crippen LogP contribution in [-0.4, -0.2) is 29.6 Å². The maximum atomic E-state index is 4.62. The second kappa shape index (κ2) is 7.62. The van der Waals surface area contributed by atoms with E-state index in [4.69, 9.17) is 0 Å². The second-order valence-corrected chi connectivity index (χ2v) is 6.44. The summed E-state index contributed by atoms with van der Waals surface area (Å²) >= 11 is 0. The first-order chi connectivity index (χ1) is 10.2. The molecule has 0 radical (unpaired) electrons. The molecule has 0 aliphatic carbocycles. The van der Waals surface area contributed by atoms with Crippen LogP contribution in [0.15, 0.2) is 6.33 Å². The van der Waals surface area contributed by atoms with Crippen molar-refractivity contribution in [2.45, 2.75) is 53.4 Å². The van der Waals surface area contributed by atoms with Crippen LogP contribution in [0.1, 0.15) is 52.5 Å². The number of hydrogen-bond donors (Lipinski definition) is 1. The highest BCUT2D eigenvalue weighted by molar-refractivity contribution is 5.59. The van der Waals surface area contributed by atoms with Crippen molar-refractivity contribution in [3.05, 3.63) is 11.9 Å². The average Bonchev–Trinajstić information content (AvgIpc) is 2.96. The van der Waals surface area contributed by atoms with Gasteiger partial charge in [0.25, 0.3) is 0 Å². The van der Waals surface area contributed by atoms with Crippen LogP contribution in [0.2, 0.25) is 0 Å². The van der Waals surface area contributed by atoms with Crippen LogP contribution in [0.3, 0.4) is 0 Å². The summed E-state index contributed by atoms with van der Waals surface area (Å²) in [4.78, 5) is 11.6. The molecular weight excluding hydrogens is 260 g/mol. The Hall–Kier alpha value is -1.32. The Morgan fingerprint density at radius 1 is 1.29 bits per heavy atom. The van der Waals surface area contributed by atoms with Crippen molar-refractivity contribution in [3.63, 3.8) is 0 Å². The van der Waals surface area contributed by atoms with Crippen molar-refractivity contribution in [2.75, 3.05) is 29.9 Å². The number of hydrogen-bond acceptors (Lipinski definition) is 4. The molecule has 0 bridgehead atoms. The second-order valence-electron chi connectivity index (χ2n) is 6.44. The number of anilines is 2. The van der Waals surface area contributed by atoms with Gasteiger partial charge < -0.3 is 10.2 Å². The monoisotopic (exact) mass is 290 g/mol. The van der Waals surface area contributed by atoms with Gasteiger partial charge in [-0.05, 0) is 31.1 Å². The Labute approximate surface area is 129 Å². The van der Waals surface area contributed by atoms with Gasteiger partial charge in [0.05, 0.1) is 0 Å². The van der Waals surface area contributed by atoms with Crippen molar-refractivity contribution in [1.82, 2.24) is 9.97 Å². The summed E-state index contributed by atoms with van der Waals surface area (Å²) in [5.41, 5.74) is 1.30. The van der Waals surface area contributed by atoms with E-state index >= 15 is 0 Å². The SMILES string of the molecule is CCCNc1ncnc(N2CCC(C(C)C)C2)c1CCC. The molecule has 118 valence electrons. The molecule has 2 heterocycles. The van der Waals surface area contributed by atoms with Gasteiger partial charge in [-0.3, -0.25) is 0 Å². The maximum Gasteiger partial charge on any atom is 0.137 e. The summed E-state index contributed by atoms with van der Waals surface area (Å²) < 4.78 is 0. The van der Waals surface area contributed by atoms with E-state index in [1.165, 1.54) is 12.0 Å². The van der Waals surface area contributed by atoms with Gasteiger partial charge in [0.15, 0.2) is 0 Å². The molecule has 1 atom stereocenters. The Morgan fingerprint density at radius 3 is 2.71 bits per heavy atom. The first kappa shape index (κ1) is 16.1. The molecule has 1 saturated heterocycles. The fraction of sp³-hybridized carbons (Fsp3) is 0.765. The van der Waals surface area contributed by atoms with Gasteiger partial charge in [-0.1, -0.05) is 34.1 Å². The van der Waals surface area contributed by atoms with Gasteiger partial charge in [-0.15, -0.1) is 0 Å². The molecule has 4 nitrogen and oxygen atoms in total. The fourth-order valence-electron chi connectivity index (χ4n) is 3.08. The molecule has 1 aromatic heterocycles. The van der Waals surface area contributed by atoms with E-state index in [1.807, 2.05) is 0 Å². The molecule has 1 fully saturated rings. The van der Waals surface area contributed by atoms with Crippen LogP contribution < -0.4 is 10.2 Å². The van der Waals surface area contributed by atoms with Gasteiger partial charge in [0.1, 0.15) is 18.0 Å². The third-order valence-corrected chi connectivity index (χ3v) is 4.43. The Bertz CT molecular complexity index is 444. The largest absolute Gasteiger partial charge is 0.370 e. The highest BCUT2D eigenvalue weighted by Gasteiger charge is 2.27. The molecule has 1 aliphatic rings. The zero-order chi connectivity index (χ0) is 15.2. The lowest BCUT2D eigenvalue weighted by Crippen LogP contribution is -2.24. The molecule has 1 unspecified atom stereocenters. The van der Waals surface area contributed by atoms with Gasteiger partial charge in [-0.2, -0.15) is 0 Å². The van der Waals surface area contributed by atoms with Crippen molar-refractivity contribution >= 4 is 11.6 Å². The van der Waals surface area contributed by atoms with Crippen LogP contribution in [0.5, 0.6) is 0 Å². The first-order valence-electron chi connectivity index (χ1n) is 8.50. The van der Waals surface area contributed by atoms with Crippen molar-refractivity contribution < 1.29 is 0 Å². The van der Waals surface area contributed by atoms with Crippen LogP contribution in [0.4, 0.5) is 11.6 Å². The van der Waals surface area contributed by atoms with Crippen LogP contribution in [0, 0.1) is 11.8 Å². The van der Waals surface area contributed by atoms with E-state index < -0.39 is 0 Å². The van der Waals surface area contributed by atoms with Gasteiger partial charge in [0.2, 0.25) is 0 Å². The summed E-state index contributed by atoms with van der Waals surface area (Å²) in [6.45, 7) is 12.3. The van der Waals surface area contributed by atoms with E-state index in [0.29, 0.717) is 0 Å². The van der Waals surface area contributed by atoms with Crippen molar-refractivity contribution in [2.24, 2.45) is 11.8 Å². The summed E-state index contributed by atoms with van der Waals surface area (Å²) in [7, 11) is 0. The van der Waals surface area contributed by atoms with Gasteiger partial charge >= 0.3 is 0 Å². The Kier molecular flexibility index (Phi) is 5.83. The molecule has 1 N–H and O–H groups in total. The standard InChI is InChI=1S/C17H30N4/c1-5-7-15-16(18-9-6-2)19-12-20-17(15)21-10-8-14(11-21)13(3)4/h12-14H,5-11H2,1-4H3,(H,18,19,20). The summed E-state index contributed by atoms with van der Waals surface area (Å²) in [5, 5.41) is 3.47. The molecule has 0 amide bonds. The average molecular weight is 290 g/mol. The minimum absolute atomic E-state index is 0.754. The molecule has 4 heteroatoms. The van der Waals surface area contributed by atoms with E-state index in [9.17, 15) is 0 Å². The minimum Gasteiger partial charge on any atom is -0.370 e. The third kappa shape index (κ3) is 3.86. The third-order valence-electron chi connectivity index (χ3n) is 4.43. The summed E-state index contributed by atoms with van der Waals surface area (Å²) in [6, 6.07) is 0. The number of nitrogens with zero attached hydrogens (tertiary/aromatic N) is 3. The fourth-order valence-corrected chi connectivity index (χ4v) is 3.08. The van der Waals surface area contributed by atoms with E-state index in [0.717, 1.165) is 62.4 Å². The molecule has 2 rings (SSSR count). The zero-order valence-corrected chi connectivity index (χ0v) is 14.0. The molecule has 0 aromatic carbocycles. The van der Waals surface area contributed by atoms with Gasteiger partial charge in [-0.25, -0.2) is 9.97 Å². The molecule has 1 aliphatic heterocycles. The predicted molar refractivity (Wildman–Crippen MR) is 90.0 cm³/mol. The number of nitrogens with one attached hydrogen (secondary N) is 1. The topological polar surface area (TPSA) is 41.1 Å². The van der Waals surface area contributed by atoms with E-state index in [-0.39, 0.29) is 0 Å². The lowest BCUT2D eigenvalue weighted by molar-refractivity contribution is 0.422. The van der Waals surface area contributed by atoms with E-state index in [1.54, 1.807) is 6.33 Å². The zero-order valence-electron chi connectivity index (χ0n) is 14.0. The van der Waals surface area contributed by atoms with Crippen LogP contribution in [-0.2, 0) is 6.42 Å². The molecule has 0 saturated carbocycles. The minimum atomic E-state index is 0.754. The maximum absolute atomic E-state index is 4.62. The van der Waals surface area contributed by atoms with Crippen molar-refractivity contribution in [1.29, 1.82) is 0 Å². The molecule has 0 spiro atoms. The van der Waals surface area contributed by atoms with Gasteiger partial charge in [0, 0.05) is 25.2 Å². The highest BCUT2D eigenvalue weighted by atomic mass is 15.2. The quantitative estimate of drug-likeness (QED) is 0.830. The molecule has 21 heavy (non-hydrogen) atoms. The summed E-state index contributed by atoms with van der Waals surface area (Å²) in [5.74, 6) is 3.75. The lowest BCUT2D eigenvalue weighted by atomic mass is 9.95. The predicted octanol–water partition coefficient (Wildman–Crippen LogP) is 3.73. The summed E-state index contributed by atoms with van der Waals surface area (Å²) in [6.07, 6.45) is 6.29. The first-order valence-corrected chi connectivity index (χ1v) is 8.50. The highest BCUT2D eigenvalue weighted by Crippen LogP contribution is 2.31. The number of rotatable bonds is 7. The van der Waals surface area contributed by atoms with E-state index in [2.05, 4.69) is 47.9 Å². The van der Waals surface area contributed by atoms with Crippen LogP contribution in [0.25, 0.3) is 0 Å². The smallest absolute Gasteiger partial charge is 0.137 e. The molecular formula is C17H30N4. The van der Waals surface area contributed by atoms with Crippen molar-refractivity contribution in [3.8, 4) is 0 Å². The lowest BCUT2D eigenvalue weighted by Gasteiger charge is -2.23. The number of aromatic nitrogens is 2. The Balaban J connectivity index is 2.22. The molecule has 1 aromatic rings. The Morgan fingerprint density at radius 2 is 2.10 bits per heavy atom. The normalized spacial score (nSPS) is 18.5. The van der Waals surface area contributed by atoms with Crippen LogP contribution >= 0.6 is 0 Å².